The second-order valence-electron chi connectivity index (χ2n) is 11.5. The number of hydrogen-bond donors (Lipinski definition) is 0. The third kappa shape index (κ3) is 8.56. The minimum Gasteiger partial charge on any atom is -0.655 e. The second-order valence-corrected chi connectivity index (χ2v) is 11.5. The van der Waals surface area contributed by atoms with Gasteiger partial charge in [-0.25, -0.2) is 0 Å². The van der Waals surface area contributed by atoms with Gasteiger partial charge in [0.25, 0.3) is 0 Å². The zero-order chi connectivity index (χ0) is 31.6. The summed E-state index contributed by atoms with van der Waals surface area (Å²) in [5.41, 5.74) is 9.74. The molecule has 0 saturated carbocycles. The number of nitrogens with zero attached hydrogens (tertiary/aromatic N) is 4. The monoisotopic (exact) mass is 688 g/mol. The summed E-state index contributed by atoms with van der Waals surface area (Å²) < 4.78 is 0. The van der Waals surface area contributed by atoms with E-state index in [1.165, 1.54) is 22.3 Å². The Bertz CT molecular complexity index is 1600. The molecule has 0 aliphatic heterocycles. The Morgan fingerprint density at radius 3 is 1.02 bits per heavy atom. The van der Waals surface area contributed by atoms with Crippen LogP contribution in [0.1, 0.15) is 56.6 Å². The summed E-state index contributed by atoms with van der Waals surface area (Å²) in [4.78, 5) is 9.00. The summed E-state index contributed by atoms with van der Waals surface area (Å²) in [6, 6.07) is 49.7. The molecule has 0 unspecified atom stereocenters. The largest absolute Gasteiger partial charge is 4.00 e. The third-order valence-electron chi connectivity index (χ3n) is 8.43. The van der Waals surface area contributed by atoms with E-state index in [-0.39, 0.29) is 50.1 Å². The van der Waals surface area contributed by atoms with E-state index in [9.17, 15) is 0 Å². The van der Waals surface area contributed by atoms with Gasteiger partial charge in [0.1, 0.15) is 0 Å². The van der Waals surface area contributed by atoms with Crippen LogP contribution in [0.2, 0.25) is 0 Å². The predicted molar refractivity (Wildman–Crippen MR) is 189 cm³/mol. The first kappa shape index (κ1) is 34.1. The first-order valence-electron chi connectivity index (χ1n) is 15.7. The van der Waals surface area contributed by atoms with Crippen LogP contribution in [0.3, 0.4) is 0 Å². The fourth-order valence-corrected chi connectivity index (χ4v) is 6.38. The van der Waals surface area contributed by atoms with E-state index in [0.717, 1.165) is 22.5 Å². The molecule has 2 bridgehead atoms. The Kier molecular flexibility index (Phi) is 12.4. The SMILES string of the molecule is [CH2-]c1ccccc1.[CH2-]c1ccccc1.[Zr+4].c1ccc(C[N-][C@@H]2C3c4ccccc4C(c4ccccc43)[C@H]2[N-]Cc2ccccn2)nc1. The normalized spacial score (nSPS) is 18.1. The molecule has 4 aromatic carbocycles. The molecule has 0 saturated heterocycles. The van der Waals surface area contributed by atoms with Crippen LogP contribution in [0.5, 0.6) is 0 Å². The fourth-order valence-electron chi connectivity index (χ4n) is 6.38. The molecule has 4 nitrogen and oxygen atoms in total. The Hall–Kier alpha value is -4.28. The molecule has 6 aromatic rings. The van der Waals surface area contributed by atoms with Crippen LogP contribution in [-0.2, 0) is 39.3 Å². The fraction of sp³-hybridized carbons (Fsp3) is 0.143. The molecule has 0 radical (unpaired) electrons. The van der Waals surface area contributed by atoms with Crippen molar-refractivity contribution in [2.45, 2.75) is 37.0 Å². The van der Waals surface area contributed by atoms with Crippen molar-refractivity contribution < 1.29 is 26.2 Å². The van der Waals surface area contributed by atoms with E-state index in [1.54, 1.807) is 0 Å². The molecule has 0 N–H and O–H groups in total. The number of fused-ring (bicyclic) bond motifs is 1. The van der Waals surface area contributed by atoms with Crippen LogP contribution >= 0.6 is 0 Å². The van der Waals surface area contributed by atoms with Crippen LogP contribution in [0.4, 0.5) is 0 Å². The molecule has 9 rings (SSSR count). The van der Waals surface area contributed by atoms with E-state index in [0.29, 0.717) is 13.1 Å². The molecule has 5 heteroatoms. The number of pyridine rings is 2. The van der Waals surface area contributed by atoms with Gasteiger partial charge < -0.3 is 10.6 Å². The molecule has 2 aromatic heterocycles. The van der Waals surface area contributed by atoms with Crippen molar-refractivity contribution in [3.8, 4) is 0 Å². The molecule has 2 atom stereocenters. The molecule has 2 heterocycles. The van der Waals surface area contributed by atoms with Crippen LogP contribution < -0.4 is 0 Å². The summed E-state index contributed by atoms with van der Waals surface area (Å²) in [5, 5.41) is 10.5. The standard InChI is InChI=1S/C28H24N4.2C7H7.Zr/c1-2-12-22-21(11-1)25-23-13-3-4-14-24(23)26(22)28(32-18-20-10-6-8-16-30-20)27(25)31-17-19-9-5-7-15-29-19;2*1-7-5-3-2-4-6-7;/h1-16,25-28H,17-18H2;2*2-6H,1H2;/q-2;2*-1;+4/t25?,26?,27-,28-;;;/m1.../s1. The van der Waals surface area contributed by atoms with Gasteiger partial charge in [0.05, 0.1) is 0 Å². The predicted octanol–water partition coefficient (Wildman–Crippen LogP) is 9.69. The average molecular weight is 690 g/mol. The second kappa shape index (κ2) is 17.0. The van der Waals surface area contributed by atoms with E-state index in [4.69, 9.17) is 10.6 Å². The smallest absolute Gasteiger partial charge is 0.655 e. The maximum Gasteiger partial charge on any atom is 4.00 e. The number of hydrogen-bond acceptors (Lipinski definition) is 2. The maximum atomic E-state index is 5.25. The third-order valence-corrected chi connectivity index (χ3v) is 8.43. The average Bonchev–Trinajstić information content (AvgIpc) is 3.12. The van der Waals surface area contributed by atoms with Crippen molar-refractivity contribution in [3.05, 3.63) is 227 Å². The first-order valence-corrected chi connectivity index (χ1v) is 15.7. The summed E-state index contributed by atoms with van der Waals surface area (Å²) in [5.74, 6) is 0.433. The Labute approximate surface area is 298 Å². The van der Waals surface area contributed by atoms with Crippen LogP contribution in [0.25, 0.3) is 10.6 Å². The van der Waals surface area contributed by atoms with Gasteiger partial charge in [-0.3, -0.25) is 9.97 Å². The van der Waals surface area contributed by atoms with E-state index < -0.39 is 0 Å². The summed E-state index contributed by atoms with van der Waals surface area (Å²) >= 11 is 0. The van der Waals surface area contributed by atoms with Gasteiger partial charge in [-0.2, -0.15) is 49.2 Å². The number of rotatable bonds is 6. The summed E-state index contributed by atoms with van der Waals surface area (Å²) in [6.07, 6.45) is 3.68. The molecular formula is C42H38N4Zr. The zero-order valence-corrected chi connectivity index (χ0v) is 28.9. The van der Waals surface area contributed by atoms with Crippen LogP contribution in [-0.4, -0.2) is 22.1 Å². The Morgan fingerprint density at radius 2 is 0.745 bits per heavy atom. The number of benzene rings is 4. The summed E-state index contributed by atoms with van der Waals surface area (Å²) in [7, 11) is 0. The molecule has 3 aliphatic carbocycles. The number of aromatic nitrogens is 2. The van der Waals surface area contributed by atoms with Gasteiger partial charge in [0, 0.05) is 23.8 Å². The maximum absolute atomic E-state index is 5.25. The molecule has 0 amide bonds. The molecule has 230 valence electrons. The Balaban J connectivity index is 0.000000239. The zero-order valence-electron chi connectivity index (χ0n) is 26.4. The Morgan fingerprint density at radius 1 is 0.426 bits per heavy atom. The molecular weight excluding hydrogens is 652 g/mol. The molecule has 0 fully saturated rings. The molecule has 47 heavy (non-hydrogen) atoms. The van der Waals surface area contributed by atoms with Crippen molar-refractivity contribution in [1.29, 1.82) is 0 Å². The molecule has 3 aliphatic rings. The van der Waals surface area contributed by atoms with Crippen molar-refractivity contribution in [3.63, 3.8) is 0 Å². The van der Waals surface area contributed by atoms with E-state index in [1.807, 2.05) is 109 Å². The minimum atomic E-state index is 0. The van der Waals surface area contributed by atoms with Gasteiger partial charge in [-0.1, -0.05) is 72.8 Å². The quantitative estimate of drug-likeness (QED) is 0.164. The van der Waals surface area contributed by atoms with Gasteiger partial charge in [-0.15, -0.1) is 49.4 Å². The summed E-state index contributed by atoms with van der Waals surface area (Å²) in [6.45, 7) is 8.65. The first-order chi connectivity index (χ1) is 22.7. The topological polar surface area (TPSA) is 54.0 Å². The van der Waals surface area contributed by atoms with E-state index in [2.05, 4.69) is 72.3 Å². The van der Waals surface area contributed by atoms with Crippen LogP contribution in [0.15, 0.2) is 158 Å². The van der Waals surface area contributed by atoms with Crippen molar-refractivity contribution in [2.75, 3.05) is 0 Å². The van der Waals surface area contributed by atoms with Crippen LogP contribution in [0, 0.1) is 13.8 Å². The van der Waals surface area contributed by atoms with Gasteiger partial charge in [0.2, 0.25) is 0 Å². The van der Waals surface area contributed by atoms with Gasteiger partial charge >= 0.3 is 26.2 Å². The van der Waals surface area contributed by atoms with Gasteiger partial charge in [0.15, 0.2) is 0 Å². The van der Waals surface area contributed by atoms with Crippen molar-refractivity contribution in [2.24, 2.45) is 0 Å². The molecule has 0 spiro atoms. The van der Waals surface area contributed by atoms with Crippen molar-refractivity contribution in [1.82, 2.24) is 9.97 Å². The van der Waals surface area contributed by atoms with E-state index >= 15 is 0 Å². The van der Waals surface area contributed by atoms with Gasteiger partial charge in [-0.05, 0) is 58.4 Å². The van der Waals surface area contributed by atoms with Crippen molar-refractivity contribution >= 4 is 0 Å². The minimum absolute atomic E-state index is 0.